The molecule has 1 atom stereocenters. The van der Waals surface area contributed by atoms with E-state index < -0.39 is 23.0 Å². The number of ether oxygens (including phenoxy) is 1. The molecule has 3 aromatic rings. The maximum absolute atomic E-state index is 13.8. The van der Waals surface area contributed by atoms with Gasteiger partial charge >= 0.3 is 5.97 Å². The van der Waals surface area contributed by atoms with E-state index in [0.717, 1.165) is 34.0 Å². The molecule has 39 heavy (non-hydrogen) atoms. The number of hydrogen-bond acceptors (Lipinski definition) is 6. The lowest BCUT2D eigenvalue weighted by atomic mass is 10.0. The minimum Gasteiger partial charge on any atom is -0.465 e. The minimum absolute atomic E-state index is 0.0592. The number of benzene rings is 3. The van der Waals surface area contributed by atoms with Crippen molar-refractivity contribution in [1.29, 1.82) is 0 Å². The Balaban J connectivity index is 1.63. The standard InChI is InChI=1S/C31H30N2O5S/c1-3-38-29(35)20-33-27-19-25(23-12-8-5-9-13-23)15-14-24(27)16-17-26(31(33)37)32-30(36)28(39-21(2)34)18-22-10-6-4-7-11-22/h4-15,17,19,28H,3,16,18,20H2,1-2H3,(H,32,36). The number of allylic oxidation sites excluding steroid dienone is 1. The van der Waals surface area contributed by atoms with Crippen LogP contribution in [0.3, 0.4) is 0 Å². The van der Waals surface area contributed by atoms with Crippen LogP contribution in [0.4, 0.5) is 5.69 Å². The highest BCUT2D eigenvalue weighted by molar-refractivity contribution is 8.14. The molecule has 1 unspecified atom stereocenters. The lowest BCUT2D eigenvalue weighted by Crippen LogP contribution is -2.43. The molecule has 7 nitrogen and oxygen atoms in total. The smallest absolute Gasteiger partial charge is 0.326 e. The van der Waals surface area contributed by atoms with Crippen molar-refractivity contribution >= 4 is 40.3 Å². The number of amides is 2. The summed E-state index contributed by atoms with van der Waals surface area (Å²) in [6.07, 6.45) is 2.35. The SMILES string of the molecule is CCOC(=O)CN1C(=O)C(NC(=O)C(Cc2ccccc2)SC(C)=O)=CCc2ccc(-c3ccccc3)cc21. The predicted molar refractivity (Wildman–Crippen MR) is 153 cm³/mol. The fraction of sp³-hybridized carbons (Fsp3) is 0.226. The number of rotatable bonds is 9. The Morgan fingerprint density at radius 1 is 0.974 bits per heavy atom. The van der Waals surface area contributed by atoms with E-state index in [1.165, 1.54) is 11.8 Å². The van der Waals surface area contributed by atoms with Gasteiger partial charge in [0.05, 0.1) is 11.9 Å². The van der Waals surface area contributed by atoms with Crippen molar-refractivity contribution in [2.24, 2.45) is 0 Å². The van der Waals surface area contributed by atoms with Crippen LogP contribution >= 0.6 is 11.8 Å². The summed E-state index contributed by atoms with van der Waals surface area (Å²) >= 11 is 0.925. The van der Waals surface area contributed by atoms with Crippen LogP contribution in [-0.2, 0) is 36.8 Å². The summed E-state index contributed by atoms with van der Waals surface area (Å²) in [5.74, 6) is -1.53. The second kappa shape index (κ2) is 13.1. The van der Waals surface area contributed by atoms with E-state index in [0.29, 0.717) is 18.5 Å². The Morgan fingerprint density at radius 2 is 1.67 bits per heavy atom. The summed E-state index contributed by atoms with van der Waals surface area (Å²) in [4.78, 5) is 53.0. The molecule has 1 aliphatic heterocycles. The Bertz CT molecular complexity index is 1390. The molecule has 1 N–H and O–H groups in total. The second-order valence-electron chi connectivity index (χ2n) is 9.00. The number of thioether (sulfide) groups is 1. The van der Waals surface area contributed by atoms with E-state index in [-0.39, 0.29) is 24.0 Å². The molecule has 200 valence electrons. The largest absolute Gasteiger partial charge is 0.465 e. The third-order valence-corrected chi connectivity index (χ3v) is 7.20. The first kappa shape index (κ1) is 27.9. The van der Waals surface area contributed by atoms with Gasteiger partial charge in [-0.25, -0.2) is 0 Å². The molecule has 0 bridgehead atoms. The Hall–Kier alpha value is -4.17. The average Bonchev–Trinajstić information content (AvgIpc) is 3.05. The predicted octanol–water partition coefficient (Wildman–Crippen LogP) is 4.70. The molecule has 4 rings (SSSR count). The molecule has 1 heterocycles. The number of fused-ring (bicyclic) bond motifs is 1. The van der Waals surface area contributed by atoms with Gasteiger partial charge < -0.3 is 10.1 Å². The van der Waals surface area contributed by atoms with Crippen LogP contribution in [0.1, 0.15) is 25.0 Å². The highest BCUT2D eigenvalue weighted by Gasteiger charge is 2.31. The molecule has 3 aromatic carbocycles. The number of esters is 1. The molecule has 0 saturated carbocycles. The van der Waals surface area contributed by atoms with Crippen LogP contribution in [-0.4, -0.2) is 41.3 Å². The topological polar surface area (TPSA) is 92.8 Å². The number of hydrogen-bond donors (Lipinski definition) is 1. The van der Waals surface area contributed by atoms with Crippen molar-refractivity contribution in [3.8, 4) is 11.1 Å². The van der Waals surface area contributed by atoms with Crippen molar-refractivity contribution in [1.82, 2.24) is 5.32 Å². The number of anilines is 1. The Morgan fingerprint density at radius 3 is 2.33 bits per heavy atom. The number of carbonyl (C=O) groups is 4. The van der Waals surface area contributed by atoms with E-state index >= 15 is 0 Å². The fourth-order valence-electron chi connectivity index (χ4n) is 4.38. The fourth-order valence-corrected chi connectivity index (χ4v) is 5.22. The molecule has 0 aromatic heterocycles. The summed E-state index contributed by atoms with van der Waals surface area (Å²) in [5, 5.41) is 1.83. The first-order chi connectivity index (χ1) is 18.9. The van der Waals surface area contributed by atoms with Crippen molar-refractivity contribution in [2.45, 2.75) is 31.9 Å². The van der Waals surface area contributed by atoms with Gasteiger partial charge in [-0.15, -0.1) is 0 Å². The Kier molecular flexibility index (Phi) is 9.33. The molecule has 0 saturated heterocycles. The third-order valence-electron chi connectivity index (χ3n) is 6.20. The van der Waals surface area contributed by atoms with E-state index in [1.807, 2.05) is 78.9 Å². The van der Waals surface area contributed by atoms with Gasteiger partial charge in [0.2, 0.25) is 5.91 Å². The molecule has 0 aliphatic carbocycles. The van der Waals surface area contributed by atoms with Gasteiger partial charge in [0.15, 0.2) is 5.12 Å². The molecule has 0 fully saturated rings. The third kappa shape index (κ3) is 7.23. The van der Waals surface area contributed by atoms with Gasteiger partial charge in [0.1, 0.15) is 12.2 Å². The monoisotopic (exact) mass is 542 g/mol. The van der Waals surface area contributed by atoms with Gasteiger partial charge in [-0.1, -0.05) is 90.6 Å². The second-order valence-corrected chi connectivity index (χ2v) is 10.4. The quantitative estimate of drug-likeness (QED) is 0.394. The first-order valence-corrected chi connectivity index (χ1v) is 13.6. The zero-order valence-corrected chi connectivity index (χ0v) is 22.7. The number of carbonyl (C=O) groups excluding carboxylic acids is 4. The Labute approximate surface area is 232 Å². The summed E-state index contributed by atoms with van der Waals surface area (Å²) in [7, 11) is 0. The van der Waals surface area contributed by atoms with Crippen LogP contribution < -0.4 is 10.2 Å². The number of nitrogens with zero attached hydrogens (tertiary/aromatic N) is 1. The molecule has 0 radical (unpaired) electrons. The van der Waals surface area contributed by atoms with Crippen LogP contribution in [0, 0.1) is 0 Å². The van der Waals surface area contributed by atoms with Gasteiger partial charge in [0, 0.05) is 12.6 Å². The zero-order chi connectivity index (χ0) is 27.8. The lowest BCUT2D eigenvalue weighted by molar-refractivity contribution is -0.142. The van der Waals surface area contributed by atoms with Crippen molar-refractivity contribution in [3.05, 3.63) is 102 Å². The maximum atomic E-state index is 13.8. The van der Waals surface area contributed by atoms with Crippen LogP contribution in [0.2, 0.25) is 0 Å². The highest BCUT2D eigenvalue weighted by atomic mass is 32.2. The van der Waals surface area contributed by atoms with Crippen molar-refractivity contribution < 1.29 is 23.9 Å². The molecular weight excluding hydrogens is 512 g/mol. The van der Waals surface area contributed by atoms with Crippen LogP contribution in [0.25, 0.3) is 11.1 Å². The van der Waals surface area contributed by atoms with E-state index in [1.54, 1.807) is 13.0 Å². The minimum atomic E-state index is -0.729. The van der Waals surface area contributed by atoms with Gasteiger partial charge in [-0.05, 0) is 48.1 Å². The summed E-state index contributed by atoms with van der Waals surface area (Å²) in [6, 6.07) is 24.9. The average molecular weight is 543 g/mol. The zero-order valence-electron chi connectivity index (χ0n) is 21.9. The summed E-state index contributed by atoms with van der Waals surface area (Å²) in [6.45, 7) is 2.99. The maximum Gasteiger partial charge on any atom is 0.326 e. The van der Waals surface area contributed by atoms with Crippen molar-refractivity contribution in [3.63, 3.8) is 0 Å². The highest BCUT2D eigenvalue weighted by Crippen LogP contribution is 2.32. The van der Waals surface area contributed by atoms with Gasteiger partial charge in [-0.2, -0.15) is 0 Å². The number of nitrogens with one attached hydrogen (secondary N) is 1. The first-order valence-electron chi connectivity index (χ1n) is 12.7. The summed E-state index contributed by atoms with van der Waals surface area (Å²) < 4.78 is 5.15. The van der Waals surface area contributed by atoms with Crippen molar-refractivity contribution in [2.75, 3.05) is 18.1 Å². The van der Waals surface area contributed by atoms with E-state index in [4.69, 9.17) is 4.74 Å². The lowest BCUT2D eigenvalue weighted by Gasteiger charge is -2.25. The molecule has 0 spiro atoms. The summed E-state index contributed by atoms with van der Waals surface area (Å²) in [5.41, 5.74) is 4.23. The van der Waals surface area contributed by atoms with Gasteiger partial charge in [0.25, 0.3) is 5.91 Å². The normalized spacial score (nSPS) is 13.5. The van der Waals surface area contributed by atoms with Crippen LogP contribution in [0.15, 0.2) is 90.6 Å². The van der Waals surface area contributed by atoms with Gasteiger partial charge in [-0.3, -0.25) is 24.1 Å². The van der Waals surface area contributed by atoms with E-state index in [9.17, 15) is 19.2 Å². The molecular formula is C31H30N2O5S. The van der Waals surface area contributed by atoms with E-state index in [2.05, 4.69) is 5.32 Å². The molecule has 2 amide bonds. The molecule has 1 aliphatic rings. The van der Waals surface area contributed by atoms with Crippen LogP contribution in [0.5, 0.6) is 0 Å². The molecule has 8 heteroatoms.